The van der Waals surface area contributed by atoms with E-state index in [1.807, 2.05) is 6.92 Å². The zero-order valence-electron chi connectivity index (χ0n) is 18.8. The summed E-state index contributed by atoms with van der Waals surface area (Å²) < 4.78 is 5.28. The van der Waals surface area contributed by atoms with Crippen molar-refractivity contribution in [3.8, 4) is 0 Å². The number of nitrogens with one attached hydrogen (secondary N) is 2. The molecule has 0 unspecified atom stereocenters. The van der Waals surface area contributed by atoms with Crippen molar-refractivity contribution in [2.24, 2.45) is 5.92 Å². The standard InChI is InChI=1S/C25H30ClN3O4/c1-2-33-17-5-14-27-24(31)21-6-3-4-7-22(21)28-23(30)18-12-15-29(16-13-18)25(32)19-8-10-20(26)11-9-19/h3-4,6-11,18H,2,5,12-17H2,1H3,(H,27,31)(H,28,30). The van der Waals surface area contributed by atoms with E-state index in [4.69, 9.17) is 16.3 Å². The quantitative estimate of drug-likeness (QED) is 0.541. The van der Waals surface area contributed by atoms with Gasteiger partial charge < -0.3 is 20.3 Å². The number of benzene rings is 2. The van der Waals surface area contributed by atoms with Crippen molar-refractivity contribution in [3.63, 3.8) is 0 Å². The molecule has 0 radical (unpaired) electrons. The van der Waals surface area contributed by atoms with Gasteiger partial charge in [-0.2, -0.15) is 0 Å². The average molecular weight is 472 g/mol. The molecule has 1 aliphatic heterocycles. The molecular formula is C25H30ClN3O4. The van der Waals surface area contributed by atoms with Crippen molar-refractivity contribution < 1.29 is 19.1 Å². The number of nitrogens with zero attached hydrogens (tertiary/aromatic N) is 1. The summed E-state index contributed by atoms with van der Waals surface area (Å²) in [5.74, 6) is -0.644. The van der Waals surface area contributed by atoms with Gasteiger partial charge in [0.1, 0.15) is 0 Å². The summed E-state index contributed by atoms with van der Waals surface area (Å²) in [5.41, 5.74) is 1.51. The maximum Gasteiger partial charge on any atom is 0.253 e. The second-order valence-electron chi connectivity index (χ2n) is 7.91. The first-order valence-corrected chi connectivity index (χ1v) is 11.7. The van der Waals surface area contributed by atoms with Crippen LogP contribution in [0.5, 0.6) is 0 Å². The third kappa shape index (κ3) is 7.04. The van der Waals surface area contributed by atoms with Crippen LogP contribution in [-0.4, -0.2) is 55.5 Å². The van der Waals surface area contributed by atoms with Crippen LogP contribution < -0.4 is 10.6 Å². The monoisotopic (exact) mass is 471 g/mol. The highest BCUT2D eigenvalue weighted by atomic mass is 35.5. The molecule has 8 heteroatoms. The molecule has 0 saturated carbocycles. The number of rotatable bonds is 9. The SMILES string of the molecule is CCOCCCNC(=O)c1ccccc1NC(=O)C1CCN(C(=O)c2ccc(Cl)cc2)CC1. The van der Waals surface area contributed by atoms with E-state index in [2.05, 4.69) is 10.6 Å². The predicted octanol–water partition coefficient (Wildman–Crippen LogP) is 3.99. The van der Waals surface area contributed by atoms with Gasteiger partial charge in [0.2, 0.25) is 5.91 Å². The van der Waals surface area contributed by atoms with Crippen molar-refractivity contribution in [2.45, 2.75) is 26.2 Å². The molecule has 1 aliphatic rings. The van der Waals surface area contributed by atoms with Crippen molar-refractivity contribution in [1.29, 1.82) is 0 Å². The van der Waals surface area contributed by atoms with Crippen molar-refractivity contribution in [1.82, 2.24) is 10.2 Å². The summed E-state index contributed by atoms with van der Waals surface area (Å²) in [7, 11) is 0. The zero-order valence-corrected chi connectivity index (χ0v) is 19.6. The third-order valence-electron chi connectivity index (χ3n) is 5.63. The van der Waals surface area contributed by atoms with Crippen molar-refractivity contribution in [2.75, 3.05) is 38.2 Å². The normalized spacial score (nSPS) is 14.1. The molecule has 7 nitrogen and oxygen atoms in total. The summed E-state index contributed by atoms with van der Waals surface area (Å²) in [6, 6.07) is 13.8. The van der Waals surface area contributed by atoms with E-state index in [9.17, 15) is 14.4 Å². The molecule has 0 spiro atoms. The van der Waals surface area contributed by atoms with E-state index in [-0.39, 0.29) is 23.6 Å². The Labute approximate surface area is 199 Å². The summed E-state index contributed by atoms with van der Waals surface area (Å²) in [6.45, 7) is 4.68. The highest BCUT2D eigenvalue weighted by Gasteiger charge is 2.28. The Morgan fingerprint density at radius 2 is 1.76 bits per heavy atom. The summed E-state index contributed by atoms with van der Waals surface area (Å²) >= 11 is 5.90. The molecule has 2 aromatic carbocycles. The van der Waals surface area contributed by atoms with E-state index in [1.165, 1.54) is 0 Å². The van der Waals surface area contributed by atoms with Crippen LogP contribution in [0.2, 0.25) is 5.02 Å². The molecule has 176 valence electrons. The highest BCUT2D eigenvalue weighted by molar-refractivity contribution is 6.30. The number of hydrogen-bond acceptors (Lipinski definition) is 4. The molecule has 0 aliphatic carbocycles. The van der Waals surface area contributed by atoms with Gasteiger partial charge in [-0.3, -0.25) is 14.4 Å². The summed E-state index contributed by atoms with van der Waals surface area (Å²) in [5, 5.41) is 6.36. The summed E-state index contributed by atoms with van der Waals surface area (Å²) in [4.78, 5) is 39.9. The Morgan fingerprint density at radius 1 is 1.06 bits per heavy atom. The fourth-order valence-electron chi connectivity index (χ4n) is 3.76. The number of carbonyl (C=O) groups is 3. The van der Waals surface area contributed by atoms with Crippen LogP contribution in [0, 0.1) is 5.92 Å². The minimum Gasteiger partial charge on any atom is -0.382 e. The van der Waals surface area contributed by atoms with E-state index >= 15 is 0 Å². The van der Waals surface area contributed by atoms with Crippen molar-refractivity contribution in [3.05, 3.63) is 64.7 Å². The summed E-state index contributed by atoms with van der Waals surface area (Å²) in [6.07, 6.45) is 1.86. The van der Waals surface area contributed by atoms with E-state index in [1.54, 1.807) is 53.4 Å². The largest absolute Gasteiger partial charge is 0.382 e. The van der Waals surface area contributed by atoms with Gasteiger partial charge in [0.15, 0.2) is 0 Å². The molecule has 0 atom stereocenters. The number of carbonyl (C=O) groups excluding carboxylic acids is 3. The molecule has 0 aromatic heterocycles. The van der Waals surface area contributed by atoms with E-state index < -0.39 is 0 Å². The lowest BCUT2D eigenvalue weighted by molar-refractivity contribution is -0.121. The van der Waals surface area contributed by atoms with Crippen LogP contribution in [0.1, 0.15) is 46.9 Å². The number of para-hydroxylation sites is 1. The van der Waals surface area contributed by atoms with Gasteiger partial charge in [0.05, 0.1) is 11.3 Å². The van der Waals surface area contributed by atoms with E-state index in [0.717, 1.165) is 6.42 Å². The Kier molecular flexibility index (Phi) is 9.27. The minimum atomic E-state index is -0.231. The van der Waals surface area contributed by atoms with Crippen molar-refractivity contribution >= 4 is 35.0 Å². The zero-order chi connectivity index (χ0) is 23.6. The van der Waals surface area contributed by atoms with Crippen LogP contribution in [0.15, 0.2) is 48.5 Å². The number of likely N-dealkylation sites (tertiary alicyclic amines) is 1. The van der Waals surface area contributed by atoms with Gasteiger partial charge in [-0.1, -0.05) is 23.7 Å². The molecule has 1 heterocycles. The number of piperidine rings is 1. The van der Waals surface area contributed by atoms with Gasteiger partial charge in [-0.25, -0.2) is 0 Å². The van der Waals surface area contributed by atoms with Crippen LogP contribution in [0.4, 0.5) is 5.69 Å². The predicted molar refractivity (Wildman–Crippen MR) is 129 cm³/mol. The van der Waals surface area contributed by atoms with Gasteiger partial charge in [-0.15, -0.1) is 0 Å². The maximum absolute atomic E-state index is 12.9. The fourth-order valence-corrected chi connectivity index (χ4v) is 3.89. The second-order valence-corrected chi connectivity index (χ2v) is 8.35. The van der Waals surface area contributed by atoms with Crippen LogP contribution in [0.25, 0.3) is 0 Å². The highest BCUT2D eigenvalue weighted by Crippen LogP contribution is 2.23. The molecule has 33 heavy (non-hydrogen) atoms. The fraction of sp³-hybridized carbons (Fsp3) is 0.400. The number of anilines is 1. The average Bonchev–Trinajstić information content (AvgIpc) is 2.84. The van der Waals surface area contributed by atoms with Gasteiger partial charge >= 0.3 is 0 Å². The lowest BCUT2D eigenvalue weighted by Crippen LogP contribution is -2.41. The van der Waals surface area contributed by atoms with Crippen LogP contribution >= 0.6 is 11.6 Å². The van der Waals surface area contributed by atoms with E-state index in [0.29, 0.717) is 67.5 Å². The van der Waals surface area contributed by atoms with Crippen LogP contribution in [0.3, 0.4) is 0 Å². The molecular weight excluding hydrogens is 442 g/mol. The lowest BCUT2D eigenvalue weighted by atomic mass is 9.95. The number of amides is 3. The molecule has 1 saturated heterocycles. The Hall–Kier alpha value is -2.90. The van der Waals surface area contributed by atoms with Crippen LogP contribution in [-0.2, 0) is 9.53 Å². The number of hydrogen-bond donors (Lipinski definition) is 2. The first kappa shape index (κ1) is 24.7. The Balaban J connectivity index is 1.52. The molecule has 3 amide bonds. The number of halogens is 1. The smallest absolute Gasteiger partial charge is 0.253 e. The molecule has 3 rings (SSSR count). The minimum absolute atomic E-state index is 0.0584. The van der Waals surface area contributed by atoms with Gasteiger partial charge in [0, 0.05) is 49.4 Å². The first-order chi connectivity index (χ1) is 16.0. The molecule has 2 aromatic rings. The van der Waals surface area contributed by atoms with Gasteiger partial charge in [-0.05, 0) is 62.6 Å². The van der Waals surface area contributed by atoms with Gasteiger partial charge in [0.25, 0.3) is 11.8 Å². The lowest BCUT2D eigenvalue weighted by Gasteiger charge is -2.31. The third-order valence-corrected chi connectivity index (χ3v) is 5.88. The Bertz CT molecular complexity index is 956. The molecule has 0 bridgehead atoms. The second kappa shape index (κ2) is 12.4. The first-order valence-electron chi connectivity index (χ1n) is 11.3. The molecule has 2 N–H and O–H groups in total. The number of ether oxygens (including phenoxy) is 1. The topological polar surface area (TPSA) is 87.7 Å². The maximum atomic E-state index is 12.9. The molecule has 1 fully saturated rings. The Morgan fingerprint density at radius 3 is 2.45 bits per heavy atom.